The predicted molar refractivity (Wildman–Crippen MR) is 103 cm³/mol. The number of rotatable bonds is 2. The molecule has 0 saturated heterocycles. The van der Waals surface area contributed by atoms with Crippen molar-refractivity contribution in [3.8, 4) is 16.9 Å². The number of thiophene rings is 1. The van der Waals surface area contributed by atoms with E-state index in [2.05, 4.69) is 5.32 Å². The van der Waals surface area contributed by atoms with E-state index in [1.165, 1.54) is 0 Å². The fraction of sp³-hybridized carbons (Fsp3) is 0.0476. The summed E-state index contributed by atoms with van der Waals surface area (Å²) in [6.45, 7) is 0. The van der Waals surface area contributed by atoms with Crippen molar-refractivity contribution in [2.45, 2.75) is 0 Å². The Hall–Kier alpha value is -3.18. The van der Waals surface area contributed by atoms with Gasteiger partial charge in [0.1, 0.15) is 5.75 Å². The maximum Gasteiger partial charge on any atom is 0.259 e. The summed E-state index contributed by atoms with van der Waals surface area (Å²) in [4.78, 5) is 25.2. The van der Waals surface area contributed by atoms with Crippen molar-refractivity contribution in [2.75, 3.05) is 7.11 Å². The Labute approximate surface area is 153 Å². The molecule has 2 heterocycles. The average molecular weight is 359 g/mol. The van der Waals surface area contributed by atoms with Gasteiger partial charge in [0.25, 0.3) is 11.8 Å². The first-order valence-electron chi connectivity index (χ1n) is 8.15. The van der Waals surface area contributed by atoms with Gasteiger partial charge in [-0.05, 0) is 35.4 Å². The minimum atomic E-state index is -0.340. The Morgan fingerprint density at radius 3 is 2.42 bits per heavy atom. The highest BCUT2D eigenvalue weighted by Gasteiger charge is 2.33. The number of carbonyl (C=O) groups excluding carboxylic acids is 2. The maximum absolute atomic E-state index is 12.6. The first-order chi connectivity index (χ1) is 12.7. The second-order valence-electron chi connectivity index (χ2n) is 6.16. The van der Waals surface area contributed by atoms with Gasteiger partial charge < -0.3 is 4.74 Å². The van der Waals surface area contributed by atoms with E-state index in [9.17, 15) is 9.59 Å². The Morgan fingerprint density at radius 2 is 1.65 bits per heavy atom. The average Bonchev–Trinajstić information content (AvgIpc) is 3.18. The van der Waals surface area contributed by atoms with Gasteiger partial charge in [-0.3, -0.25) is 14.9 Å². The molecular weight excluding hydrogens is 346 g/mol. The highest BCUT2D eigenvalue weighted by Crippen LogP contribution is 2.43. The highest BCUT2D eigenvalue weighted by atomic mass is 32.1. The van der Waals surface area contributed by atoms with E-state index >= 15 is 0 Å². The molecule has 0 spiro atoms. The molecule has 4 aromatic rings. The predicted octanol–water partition coefficient (Wildman–Crippen LogP) is 4.61. The Bertz CT molecular complexity index is 1220. The van der Waals surface area contributed by atoms with E-state index in [4.69, 9.17) is 4.74 Å². The van der Waals surface area contributed by atoms with Crippen molar-refractivity contribution in [1.29, 1.82) is 0 Å². The Balaban J connectivity index is 1.96. The van der Waals surface area contributed by atoms with Gasteiger partial charge in [0.2, 0.25) is 0 Å². The third-order valence-electron chi connectivity index (χ3n) is 4.73. The Kier molecular flexibility index (Phi) is 3.14. The molecule has 4 nitrogen and oxygen atoms in total. The van der Waals surface area contributed by atoms with Crippen LogP contribution in [0.4, 0.5) is 0 Å². The van der Waals surface area contributed by atoms with Crippen LogP contribution in [0.2, 0.25) is 0 Å². The van der Waals surface area contributed by atoms with Crippen LogP contribution in [0, 0.1) is 0 Å². The summed E-state index contributed by atoms with van der Waals surface area (Å²) >= 11 is 1.61. The summed E-state index contributed by atoms with van der Waals surface area (Å²) in [5.74, 6) is 0.0473. The lowest BCUT2D eigenvalue weighted by molar-refractivity contribution is 0.0880. The van der Waals surface area contributed by atoms with Crippen LogP contribution < -0.4 is 10.1 Å². The molecule has 0 aliphatic carbocycles. The second-order valence-corrected chi connectivity index (χ2v) is 7.24. The summed E-state index contributed by atoms with van der Waals surface area (Å²) < 4.78 is 7.38. The molecule has 1 aliphatic heterocycles. The van der Waals surface area contributed by atoms with Crippen molar-refractivity contribution in [3.63, 3.8) is 0 Å². The van der Waals surface area contributed by atoms with Gasteiger partial charge >= 0.3 is 0 Å². The minimum Gasteiger partial charge on any atom is -0.497 e. The van der Waals surface area contributed by atoms with Crippen LogP contribution in [0.25, 0.3) is 31.3 Å². The third-order valence-corrected chi connectivity index (χ3v) is 5.85. The number of benzene rings is 3. The number of methoxy groups -OCH3 is 1. The first-order valence-corrected chi connectivity index (χ1v) is 8.97. The molecular formula is C21H13NO3S. The lowest BCUT2D eigenvalue weighted by Gasteiger charge is -2.08. The van der Waals surface area contributed by atoms with Crippen molar-refractivity contribution < 1.29 is 14.3 Å². The van der Waals surface area contributed by atoms with Gasteiger partial charge in [0.05, 0.1) is 18.2 Å². The van der Waals surface area contributed by atoms with E-state index in [0.29, 0.717) is 11.1 Å². The molecule has 5 heteroatoms. The van der Waals surface area contributed by atoms with Crippen molar-refractivity contribution in [1.82, 2.24) is 5.32 Å². The minimum absolute atomic E-state index is 0.338. The van der Waals surface area contributed by atoms with Gasteiger partial charge in [-0.1, -0.05) is 30.3 Å². The monoisotopic (exact) mass is 359 g/mol. The van der Waals surface area contributed by atoms with E-state index in [-0.39, 0.29) is 11.8 Å². The summed E-state index contributed by atoms with van der Waals surface area (Å²) in [6.07, 6.45) is 0. The zero-order valence-electron chi connectivity index (χ0n) is 13.8. The molecule has 0 fully saturated rings. The van der Waals surface area contributed by atoms with Gasteiger partial charge in [0.15, 0.2) is 0 Å². The van der Waals surface area contributed by atoms with Gasteiger partial charge in [-0.25, -0.2) is 0 Å². The number of hydrogen-bond acceptors (Lipinski definition) is 4. The molecule has 0 atom stereocenters. The molecule has 2 amide bonds. The van der Waals surface area contributed by atoms with E-state index in [1.807, 2.05) is 54.6 Å². The summed E-state index contributed by atoms with van der Waals surface area (Å²) in [7, 11) is 1.61. The molecule has 26 heavy (non-hydrogen) atoms. The SMILES string of the molecule is COc1ccc2sc3cc(-c4ccccc4)c4c(c3c2c1)C(=O)NC4=O. The third kappa shape index (κ3) is 2.01. The topological polar surface area (TPSA) is 55.4 Å². The molecule has 0 radical (unpaired) electrons. The van der Waals surface area contributed by atoms with Crippen LogP contribution in [-0.2, 0) is 0 Å². The van der Waals surface area contributed by atoms with Gasteiger partial charge in [-0.15, -0.1) is 11.3 Å². The lowest BCUT2D eigenvalue weighted by Crippen LogP contribution is -2.20. The summed E-state index contributed by atoms with van der Waals surface area (Å²) in [5, 5.41) is 4.22. The van der Waals surface area contributed by atoms with Crippen LogP contribution in [-0.4, -0.2) is 18.9 Å². The zero-order valence-corrected chi connectivity index (χ0v) is 14.6. The zero-order chi connectivity index (χ0) is 17.8. The van der Waals surface area contributed by atoms with E-state index in [0.717, 1.165) is 37.0 Å². The smallest absolute Gasteiger partial charge is 0.259 e. The summed E-state index contributed by atoms with van der Waals surface area (Å²) in [5.41, 5.74) is 2.63. The van der Waals surface area contributed by atoms with Crippen LogP contribution in [0.5, 0.6) is 5.75 Å². The number of ether oxygens (including phenoxy) is 1. The molecule has 0 saturated carbocycles. The van der Waals surface area contributed by atoms with Gasteiger partial charge in [-0.2, -0.15) is 0 Å². The Morgan fingerprint density at radius 1 is 0.885 bits per heavy atom. The fourth-order valence-corrected chi connectivity index (χ4v) is 4.72. The van der Waals surface area contributed by atoms with Crippen molar-refractivity contribution in [3.05, 3.63) is 65.7 Å². The maximum atomic E-state index is 12.6. The van der Waals surface area contributed by atoms with Crippen LogP contribution in [0.1, 0.15) is 20.7 Å². The number of imide groups is 1. The number of fused-ring (bicyclic) bond motifs is 5. The largest absolute Gasteiger partial charge is 0.497 e. The molecule has 3 aromatic carbocycles. The van der Waals surface area contributed by atoms with Gasteiger partial charge in [0, 0.05) is 20.2 Å². The van der Waals surface area contributed by atoms with Crippen LogP contribution >= 0.6 is 11.3 Å². The molecule has 5 rings (SSSR count). The van der Waals surface area contributed by atoms with Crippen LogP contribution in [0.15, 0.2) is 54.6 Å². The number of carbonyl (C=O) groups is 2. The molecule has 1 aromatic heterocycles. The fourth-order valence-electron chi connectivity index (χ4n) is 3.58. The second kappa shape index (κ2) is 5.41. The normalized spacial score (nSPS) is 13.3. The van der Waals surface area contributed by atoms with Crippen LogP contribution in [0.3, 0.4) is 0 Å². The quantitative estimate of drug-likeness (QED) is 0.532. The number of nitrogens with one attached hydrogen (secondary N) is 1. The first kappa shape index (κ1) is 15.1. The van der Waals surface area contributed by atoms with Crippen molar-refractivity contribution >= 4 is 43.3 Å². The molecule has 126 valence electrons. The standard InChI is InChI=1S/C21H13NO3S/c1-25-12-7-8-15-14(9-12)17-16(26-15)10-13(11-5-3-2-4-6-11)18-19(17)21(24)22-20(18)23/h2-10H,1H3,(H,22,23,24). The molecule has 0 bridgehead atoms. The van der Waals surface area contributed by atoms with Crippen molar-refractivity contribution in [2.24, 2.45) is 0 Å². The van der Waals surface area contributed by atoms with E-state index < -0.39 is 0 Å². The molecule has 1 aliphatic rings. The molecule has 1 N–H and O–H groups in total. The van der Waals surface area contributed by atoms with E-state index in [1.54, 1.807) is 18.4 Å². The highest BCUT2D eigenvalue weighted by molar-refractivity contribution is 7.26. The molecule has 0 unspecified atom stereocenters. The number of hydrogen-bond donors (Lipinski definition) is 1. The number of amides is 2. The lowest BCUT2D eigenvalue weighted by atomic mass is 9.93. The summed E-state index contributed by atoms with van der Waals surface area (Å²) in [6, 6.07) is 17.5.